The highest BCUT2D eigenvalue weighted by molar-refractivity contribution is 5.95. The summed E-state index contributed by atoms with van der Waals surface area (Å²) in [6.45, 7) is 3.56. The molecule has 118 valence electrons. The van der Waals surface area contributed by atoms with Crippen molar-refractivity contribution in [2.45, 2.75) is 26.2 Å². The van der Waals surface area contributed by atoms with Crippen LogP contribution in [0.5, 0.6) is 5.75 Å². The highest BCUT2D eigenvalue weighted by Crippen LogP contribution is 2.30. The first kappa shape index (κ1) is 14.9. The van der Waals surface area contributed by atoms with Crippen molar-refractivity contribution >= 4 is 11.9 Å². The van der Waals surface area contributed by atoms with E-state index in [4.69, 9.17) is 4.74 Å². The van der Waals surface area contributed by atoms with Gasteiger partial charge >= 0.3 is 5.97 Å². The molecule has 0 aromatic heterocycles. The number of carbonyl (C=O) groups is 2. The minimum Gasteiger partial charge on any atom is -0.493 e. The second-order valence-corrected chi connectivity index (χ2v) is 6.12. The summed E-state index contributed by atoms with van der Waals surface area (Å²) in [5.41, 5.74) is 1.69. The maximum atomic E-state index is 12.7. The lowest BCUT2D eigenvalue weighted by atomic mass is 9.92. The highest BCUT2D eigenvalue weighted by Gasteiger charge is 2.39. The van der Waals surface area contributed by atoms with Gasteiger partial charge in [0.05, 0.1) is 12.5 Å². The largest absolute Gasteiger partial charge is 0.493 e. The van der Waals surface area contributed by atoms with Crippen LogP contribution in [0.15, 0.2) is 18.2 Å². The van der Waals surface area contributed by atoms with E-state index in [0.29, 0.717) is 25.3 Å². The third-order valence-corrected chi connectivity index (χ3v) is 4.64. The predicted molar refractivity (Wildman–Crippen MR) is 81.1 cm³/mol. The molecule has 1 aromatic carbocycles. The summed E-state index contributed by atoms with van der Waals surface area (Å²) in [5, 5.41) is 9.35. The molecule has 2 heterocycles. The first-order valence-electron chi connectivity index (χ1n) is 7.88. The number of amides is 1. The lowest BCUT2D eigenvalue weighted by molar-refractivity contribution is -0.142. The monoisotopic (exact) mass is 303 g/mol. The van der Waals surface area contributed by atoms with Gasteiger partial charge in [0, 0.05) is 25.1 Å². The number of aliphatic carboxylic acids is 1. The Labute approximate surface area is 129 Å². The first-order valence-corrected chi connectivity index (χ1v) is 7.88. The molecule has 2 atom stereocenters. The first-order chi connectivity index (χ1) is 10.6. The Bertz CT molecular complexity index is 598. The molecule has 1 saturated heterocycles. The number of fused-ring (bicyclic) bond motifs is 1. The molecule has 0 aliphatic carbocycles. The molecule has 1 aromatic rings. The number of hydrogen-bond donors (Lipinski definition) is 1. The van der Waals surface area contributed by atoms with Crippen LogP contribution in [0.25, 0.3) is 0 Å². The van der Waals surface area contributed by atoms with Crippen LogP contribution < -0.4 is 4.74 Å². The molecule has 5 nitrogen and oxygen atoms in total. The van der Waals surface area contributed by atoms with E-state index in [2.05, 4.69) is 0 Å². The second-order valence-electron chi connectivity index (χ2n) is 6.12. The highest BCUT2D eigenvalue weighted by atomic mass is 16.5. The summed E-state index contributed by atoms with van der Waals surface area (Å²) < 4.78 is 5.45. The van der Waals surface area contributed by atoms with Gasteiger partial charge < -0.3 is 14.7 Å². The number of hydrogen-bond acceptors (Lipinski definition) is 3. The molecule has 0 unspecified atom stereocenters. The Hall–Kier alpha value is -2.04. The van der Waals surface area contributed by atoms with E-state index in [0.717, 1.165) is 30.6 Å². The Balaban J connectivity index is 1.76. The van der Waals surface area contributed by atoms with Crippen LogP contribution in [0.2, 0.25) is 0 Å². The molecule has 0 spiro atoms. The van der Waals surface area contributed by atoms with Crippen molar-refractivity contribution < 1.29 is 19.4 Å². The molecule has 0 radical (unpaired) electrons. The zero-order valence-corrected chi connectivity index (χ0v) is 12.7. The van der Waals surface area contributed by atoms with Crippen LogP contribution in [0.3, 0.4) is 0 Å². The zero-order valence-electron chi connectivity index (χ0n) is 12.7. The smallest absolute Gasteiger partial charge is 0.308 e. The molecule has 1 amide bonds. The molecule has 1 N–H and O–H groups in total. The van der Waals surface area contributed by atoms with Crippen molar-refractivity contribution in [3.63, 3.8) is 0 Å². The van der Waals surface area contributed by atoms with E-state index >= 15 is 0 Å². The number of nitrogens with zero attached hydrogens (tertiary/aromatic N) is 1. The van der Waals surface area contributed by atoms with Gasteiger partial charge in [-0.25, -0.2) is 0 Å². The van der Waals surface area contributed by atoms with E-state index in [-0.39, 0.29) is 11.8 Å². The third-order valence-electron chi connectivity index (χ3n) is 4.64. The van der Waals surface area contributed by atoms with Gasteiger partial charge in [-0.15, -0.1) is 0 Å². The van der Waals surface area contributed by atoms with Gasteiger partial charge in [0.1, 0.15) is 5.75 Å². The summed E-state index contributed by atoms with van der Waals surface area (Å²) in [5.74, 6) is -0.397. The van der Waals surface area contributed by atoms with E-state index in [1.54, 1.807) is 11.0 Å². The average Bonchev–Trinajstić information content (AvgIpc) is 3.12. The van der Waals surface area contributed by atoms with Crippen molar-refractivity contribution in [3.8, 4) is 5.75 Å². The quantitative estimate of drug-likeness (QED) is 0.926. The lowest BCUT2D eigenvalue weighted by Crippen LogP contribution is -2.29. The Morgan fingerprint density at radius 3 is 2.91 bits per heavy atom. The molecule has 0 bridgehead atoms. The maximum Gasteiger partial charge on any atom is 0.308 e. The van der Waals surface area contributed by atoms with E-state index in [1.165, 1.54) is 0 Å². The second kappa shape index (κ2) is 5.99. The molecule has 2 aliphatic rings. The van der Waals surface area contributed by atoms with Crippen molar-refractivity contribution in [2.24, 2.45) is 11.8 Å². The van der Waals surface area contributed by atoms with Crippen molar-refractivity contribution in [1.29, 1.82) is 0 Å². The third kappa shape index (κ3) is 2.67. The van der Waals surface area contributed by atoms with E-state index < -0.39 is 11.9 Å². The average molecular weight is 303 g/mol. The van der Waals surface area contributed by atoms with Crippen LogP contribution in [-0.2, 0) is 11.2 Å². The lowest BCUT2D eigenvalue weighted by Gasteiger charge is -2.16. The molecule has 5 heteroatoms. The molecular weight excluding hydrogens is 282 g/mol. The summed E-state index contributed by atoms with van der Waals surface area (Å²) in [7, 11) is 0. The normalized spacial score (nSPS) is 23.2. The maximum absolute atomic E-state index is 12.7. The number of rotatable bonds is 4. The minimum absolute atomic E-state index is 0.0595. The summed E-state index contributed by atoms with van der Waals surface area (Å²) in [4.78, 5) is 25.7. The predicted octanol–water partition coefficient (Wildman–Crippen LogP) is 2.19. The van der Waals surface area contributed by atoms with Gasteiger partial charge in [0.2, 0.25) is 0 Å². The molecule has 2 aliphatic heterocycles. The van der Waals surface area contributed by atoms with Gasteiger partial charge in [-0.3, -0.25) is 9.59 Å². The molecular formula is C17H21NO4. The Morgan fingerprint density at radius 1 is 1.36 bits per heavy atom. The molecule has 0 saturated carbocycles. The summed E-state index contributed by atoms with van der Waals surface area (Å²) in [6.07, 6.45) is 2.61. The van der Waals surface area contributed by atoms with E-state index in [9.17, 15) is 14.7 Å². The van der Waals surface area contributed by atoms with Crippen molar-refractivity contribution in [3.05, 3.63) is 29.3 Å². The number of benzene rings is 1. The zero-order chi connectivity index (χ0) is 15.7. The van der Waals surface area contributed by atoms with Gasteiger partial charge in [0.15, 0.2) is 0 Å². The standard InChI is InChI=1S/C17H21NO4/c1-2-3-13-9-18(10-14(13)17(20)21)16(19)12-4-5-15-11(8-12)6-7-22-15/h4-5,8,13-14H,2-3,6-7,9-10H2,1H3,(H,20,21)/t13-,14-/m1/s1. The van der Waals surface area contributed by atoms with Crippen LogP contribution in [0, 0.1) is 11.8 Å². The fraction of sp³-hybridized carbons (Fsp3) is 0.529. The SMILES string of the molecule is CCC[C@@H]1CN(C(=O)c2ccc3c(c2)CCO3)C[C@H]1C(=O)O. The Kier molecular flexibility index (Phi) is 4.05. The van der Waals surface area contributed by atoms with Gasteiger partial charge in [-0.1, -0.05) is 13.3 Å². The number of ether oxygens (including phenoxy) is 1. The van der Waals surface area contributed by atoms with Gasteiger partial charge in [0.25, 0.3) is 5.91 Å². The van der Waals surface area contributed by atoms with Gasteiger partial charge in [-0.05, 0) is 36.1 Å². The summed E-state index contributed by atoms with van der Waals surface area (Å²) >= 11 is 0. The fourth-order valence-electron chi connectivity index (χ4n) is 3.48. The molecule has 22 heavy (non-hydrogen) atoms. The van der Waals surface area contributed by atoms with Crippen LogP contribution >= 0.6 is 0 Å². The van der Waals surface area contributed by atoms with Crippen LogP contribution in [-0.4, -0.2) is 41.6 Å². The molecule has 3 rings (SSSR count). The minimum atomic E-state index is -0.795. The van der Waals surface area contributed by atoms with Crippen LogP contribution in [0.4, 0.5) is 0 Å². The number of likely N-dealkylation sites (tertiary alicyclic amines) is 1. The number of carboxylic acid groups (broad SMARTS) is 1. The fourth-order valence-corrected chi connectivity index (χ4v) is 3.48. The van der Waals surface area contributed by atoms with Crippen LogP contribution in [0.1, 0.15) is 35.7 Å². The topological polar surface area (TPSA) is 66.8 Å². The van der Waals surface area contributed by atoms with Gasteiger partial charge in [-0.2, -0.15) is 0 Å². The van der Waals surface area contributed by atoms with Crippen molar-refractivity contribution in [1.82, 2.24) is 4.90 Å². The number of carbonyl (C=O) groups excluding carboxylic acids is 1. The summed E-state index contributed by atoms with van der Waals surface area (Å²) in [6, 6.07) is 5.49. The number of carboxylic acids is 1. The molecule has 1 fully saturated rings. The van der Waals surface area contributed by atoms with Crippen molar-refractivity contribution in [2.75, 3.05) is 19.7 Å². The van der Waals surface area contributed by atoms with E-state index in [1.807, 2.05) is 19.1 Å². The Morgan fingerprint density at radius 2 is 2.18 bits per heavy atom.